The standard InChI is InChI=1S/C20H23NO5S/c22-19(12-9-16-7-10-18(11-8-16)20(23)24)21-13-4-14-27(25,26)15-17-5-2-1-3-6-17/h1-3,5-8,10-11H,4,9,12-15H2,(H,21,22)(H,23,24). The lowest BCUT2D eigenvalue weighted by molar-refractivity contribution is -0.121. The fourth-order valence-electron chi connectivity index (χ4n) is 2.58. The lowest BCUT2D eigenvalue weighted by Gasteiger charge is -2.07. The number of nitrogens with one attached hydrogen (secondary N) is 1. The molecule has 0 unspecified atom stereocenters. The van der Waals surface area contributed by atoms with Gasteiger partial charge in [0.2, 0.25) is 5.91 Å². The fourth-order valence-corrected chi connectivity index (χ4v) is 4.01. The maximum absolute atomic E-state index is 12.1. The zero-order valence-corrected chi connectivity index (χ0v) is 15.7. The van der Waals surface area contributed by atoms with E-state index in [0.717, 1.165) is 11.1 Å². The van der Waals surface area contributed by atoms with Crippen molar-refractivity contribution in [3.8, 4) is 0 Å². The van der Waals surface area contributed by atoms with Crippen molar-refractivity contribution in [1.29, 1.82) is 0 Å². The topological polar surface area (TPSA) is 101 Å². The van der Waals surface area contributed by atoms with Gasteiger partial charge < -0.3 is 10.4 Å². The van der Waals surface area contributed by atoms with E-state index in [9.17, 15) is 18.0 Å². The van der Waals surface area contributed by atoms with Crippen molar-refractivity contribution >= 4 is 21.7 Å². The highest BCUT2D eigenvalue weighted by molar-refractivity contribution is 7.90. The van der Waals surface area contributed by atoms with Gasteiger partial charge in [0.05, 0.1) is 17.1 Å². The summed E-state index contributed by atoms with van der Waals surface area (Å²) >= 11 is 0. The third-order valence-corrected chi connectivity index (χ3v) is 5.71. The van der Waals surface area contributed by atoms with E-state index in [1.54, 1.807) is 36.4 Å². The lowest BCUT2D eigenvalue weighted by atomic mass is 10.1. The molecular formula is C20H23NO5S. The Balaban J connectivity index is 1.66. The summed E-state index contributed by atoms with van der Waals surface area (Å²) in [4.78, 5) is 22.6. The summed E-state index contributed by atoms with van der Waals surface area (Å²) in [7, 11) is -3.20. The van der Waals surface area contributed by atoms with Crippen molar-refractivity contribution in [2.24, 2.45) is 0 Å². The predicted molar refractivity (Wildman–Crippen MR) is 103 cm³/mol. The Morgan fingerprint density at radius 2 is 1.59 bits per heavy atom. The van der Waals surface area contributed by atoms with E-state index in [4.69, 9.17) is 5.11 Å². The quantitative estimate of drug-likeness (QED) is 0.608. The molecule has 7 heteroatoms. The maximum Gasteiger partial charge on any atom is 0.335 e. The highest BCUT2D eigenvalue weighted by Gasteiger charge is 2.12. The van der Waals surface area contributed by atoms with E-state index in [2.05, 4.69) is 5.32 Å². The van der Waals surface area contributed by atoms with Crippen LogP contribution in [0.3, 0.4) is 0 Å². The highest BCUT2D eigenvalue weighted by Crippen LogP contribution is 2.08. The predicted octanol–water partition coefficient (Wildman–Crippen LogP) is 2.44. The normalized spacial score (nSPS) is 11.1. The summed E-state index contributed by atoms with van der Waals surface area (Å²) in [6, 6.07) is 15.4. The Bertz CT molecular complexity index is 861. The molecular weight excluding hydrogens is 366 g/mol. The van der Waals surface area contributed by atoms with Crippen LogP contribution in [-0.2, 0) is 26.8 Å². The number of sulfone groups is 1. The second-order valence-corrected chi connectivity index (χ2v) is 8.47. The van der Waals surface area contributed by atoms with Crippen LogP contribution in [0, 0.1) is 0 Å². The SMILES string of the molecule is O=C(CCc1ccc(C(=O)O)cc1)NCCCS(=O)(=O)Cc1ccccc1. The zero-order valence-electron chi connectivity index (χ0n) is 14.9. The summed E-state index contributed by atoms with van der Waals surface area (Å²) in [6.45, 7) is 0.310. The maximum atomic E-state index is 12.1. The van der Waals surface area contributed by atoms with Crippen molar-refractivity contribution in [1.82, 2.24) is 5.32 Å². The molecule has 0 aliphatic heterocycles. The number of benzene rings is 2. The molecule has 2 rings (SSSR count). The first-order chi connectivity index (χ1) is 12.9. The molecule has 0 aliphatic carbocycles. The molecule has 0 fully saturated rings. The van der Waals surface area contributed by atoms with E-state index >= 15 is 0 Å². The van der Waals surface area contributed by atoms with Crippen LogP contribution in [0.1, 0.15) is 34.3 Å². The first-order valence-corrected chi connectivity index (χ1v) is 10.5. The Kier molecular flexibility index (Phi) is 7.55. The van der Waals surface area contributed by atoms with Crippen molar-refractivity contribution < 1.29 is 23.1 Å². The minimum Gasteiger partial charge on any atom is -0.478 e. The molecule has 2 N–H and O–H groups in total. The molecule has 27 heavy (non-hydrogen) atoms. The van der Waals surface area contributed by atoms with Gasteiger partial charge in [0.15, 0.2) is 9.84 Å². The van der Waals surface area contributed by atoms with Gasteiger partial charge in [0.1, 0.15) is 0 Å². The Morgan fingerprint density at radius 1 is 0.926 bits per heavy atom. The lowest BCUT2D eigenvalue weighted by Crippen LogP contribution is -2.26. The molecule has 0 bridgehead atoms. The van der Waals surface area contributed by atoms with Crippen LogP contribution < -0.4 is 5.32 Å². The van der Waals surface area contributed by atoms with Crippen LogP contribution in [0.5, 0.6) is 0 Å². The fraction of sp³-hybridized carbons (Fsp3) is 0.300. The van der Waals surface area contributed by atoms with Crippen molar-refractivity contribution in [3.05, 3.63) is 71.3 Å². The van der Waals surface area contributed by atoms with Gasteiger partial charge in [-0.15, -0.1) is 0 Å². The second kappa shape index (κ2) is 9.87. The molecule has 0 atom stereocenters. The number of hydrogen-bond donors (Lipinski definition) is 2. The zero-order chi connectivity index (χ0) is 19.7. The second-order valence-electron chi connectivity index (χ2n) is 6.28. The van der Waals surface area contributed by atoms with E-state index < -0.39 is 15.8 Å². The van der Waals surface area contributed by atoms with Gasteiger partial charge in [-0.3, -0.25) is 4.79 Å². The van der Waals surface area contributed by atoms with Crippen LogP contribution in [0.25, 0.3) is 0 Å². The molecule has 0 spiro atoms. The van der Waals surface area contributed by atoms with Crippen LogP contribution in [0.15, 0.2) is 54.6 Å². The summed E-state index contributed by atoms with van der Waals surface area (Å²) in [5.41, 5.74) is 1.84. The summed E-state index contributed by atoms with van der Waals surface area (Å²) in [5, 5.41) is 11.6. The van der Waals surface area contributed by atoms with Gasteiger partial charge in [-0.1, -0.05) is 42.5 Å². The number of carbonyl (C=O) groups is 2. The van der Waals surface area contributed by atoms with Crippen LogP contribution >= 0.6 is 0 Å². The number of carboxylic acids is 1. The molecule has 0 heterocycles. The molecule has 0 aromatic heterocycles. The molecule has 0 radical (unpaired) electrons. The van der Waals surface area contributed by atoms with Gasteiger partial charge in [0.25, 0.3) is 0 Å². The number of hydrogen-bond acceptors (Lipinski definition) is 4. The average molecular weight is 389 g/mol. The van der Waals surface area contributed by atoms with Crippen molar-refractivity contribution in [2.75, 3.05) is 12.3 Å². The minimum atomic E-state index is -3.20. The summed E-state index contributed by atoms with van der Waals surface area (Å²) in [5.74, 6) is -1.10. The third kappa shape index (κ3) is 7.62. The van der Waals surface area contributed by atoms with Gasteiger partial charge in [-0.25, -0.2) is 13.2 Å². The van der Waals surface area contributed by atoms with Crippen molar-refractivity contribution in [3.63, 3.8) is 0 Å². The highest BCUT2D eigenvalue weighted by atomic mass is 32.2. The van der Waals surface area contributed by atoms with Gasteiger partial charge in [0, 0.05) is 13.0 Å². The Morgan fingerprint density at radius 3 is 2.22 bits per heavy atom. The third-order valence-electron chi connectivity index (χ3n) is 4.03. The molecule has 144 valence electrons. The average Bonchev–Trinajstić information content (AvgIpc) is 2.64. The van der Waals surface area contributed by atoms with Crippen LogP contribution in [0.4, 0.5) is 0 Å². The van der Waals surface area contributed by atoms with Crippen LogP contribution in [0.2, 0.25) is 0 Å². The summed E-state index contributed by atoms with van der Waals surface area (Å²) < 4.78 is 24.2. The monoisotopic (exact) mass is 389 g/mol. The molecule has 0 saturated carbocycles. The first kappa shape index (κ1) is 20.6. The molecule has 2 aromatic carbocycles. The van der Waals surface area contributed by atoms with E-state index in [1.807, 2.05) is 6.07 Å². The molecule has 6 nitrogen and oxygen atoms in total. The van der Waals surface area contributed by atoms with Gasteiger partial charge in [-0.05, 0) is 36.1 Å². The van der Waals surface area contributed by atoms with Gasteiger partial charge in [-0.2, -0.15) is 0 Å². The number of carbonyl (C=O) groups excluding carboxylic acids is 1. The number of aryl methyl sites for hydroxylation is 1. The first-order valence-electron chi connectivity index (χ1n) is 8.69. The number of amides is 1. The smallest absolute Gasteiger partial charge is 0.335 e. The van der Waals surface area contributed by atoms with E-state index in [0.29, 0.717) is 19.4 Å². The summed E-state index contributed by atoms with van der Waals surface area (Å²) in [6.07, 6.45) is 1.13. The Hall–Kier alpha value is -2.67. The van der Waals surface area contributed by atoms with E-state index in [1.165, 1.54) is 12.1 Å². The molecule has 0 saturated heterocycles. The largest absolute Gasteiger partial charge is 0.478 e. The van der Waals surface area contributed by atoms with Gasteiger partial charge >= 0.3 is 5.97 Å². The van der Waals surface area contributed by atoms with Crippen molar-refractivity contribution in [2.45, 2.75) is 25.0 Å². The molecule has 1 amide bonds. The number of carboxylic acid groups (broad SMARTS) is 1. The molecule has 2 aromatic rings. The number of rotatable bonds is 10. The minimum absolute atomic E-state index is 0.00806. The Labute approximate surface area is 159 Å². The molecule has 0 aliphatic rings. The van der Waals surface area contributed by atoms with Crippen LogP contribution in [-0.4, -0.2) is 37.7 Å². The van der Waals surface area contributed by atoms with E-state index in [-0.39, 0.29) is 29.4 Å². The number of aromatic carboxylic acids is 1.